The highest BCUT2D eigenvalue weighted by molar-refractivity contribution is 9.10. The van der Waals surface area contributed by atoms with E-state index in [0.29, 0.717) is 0 Å². The monoisotopic (exact) mass is 347 g/mol. The van der Waals surface area contributed by atoms with E-state index in [0.717, 1.165) is 27.0 Å². The zero-order valence-corrected chi connectivity index (χ0v) is 13.9. The van der Waals surface area contributed by atoms with E-state index in [-0.39, 0.29) is 5.91 Å². The largest absolute Gasteiger partial charge is 0.481 e. The number of carbonyl (C=O) groups is 1. The molecule has 1 atom stereocenters. The Bertz CT molecular complexity index is 638. The number of nitrogens with one attached hydrogen (secondary N) is 1. The Morgan fingerprint density at radius 1 is 1.14 bits per heavy atom. The third-order valence-corrected chi connectivity index (χ3v) is 3.87. The highest BCUT2D eigenvalue weighted by atomic mass is 79.9. The van der Waals surface area contributed by atoms with Gasteiger partial charge in [-0.2, -0.15) is 0 Å². The maximum atomic E-state index is 12.2. The summed E-state index contributed by atoms with van der Waals surface area (Å²) in [6.45, 7) is 5.76. The Morgan fingerprint density at radius 3 is 2.48 bits per heavy atom. The summed E-state index contributed by atoms with van der Waals surface area (Å²) >= 11 is 3.36. The van der Waals surface area contributed by atoms with Gasteiger partial charge in [0.15, 0.2) is 6.10 Å². The first-order valence-corrected chi connectivity index (χ1v) is 7.56. The normalized spacial score (nSPS) is 11.8. The molecule has 2 rings (SSSR count). The minimum atomic E-state index is -0.561. The van der Waals surface area contributed by atoms with Crippen LogP contribution < -0.4 is 10.1 Å². The summed E-state index contributed by atoms with van der Waals surface area (Å²) in [5.41, 5.74) is 2.95. The zero-order chi connectivity index (χ0) is 15.4. The number of hydrogen-bond acceptors (Lipinski definition) is 2. The number of hydrogen-bond donors (Lipinski definition) is 1. The van der Waals surface area contributed by atoms with Gasteiger partial charge >= 0.3 is 0 Å². The van der Waals surface area contributed by atoms with E-state index in [2.05, 4.69) is 21.2 Å². The highest BCUT2D eigenvalue weighted by Crippen LogP contribution is 2.22. The molecule has 4 heteroatoms. The number of carbonyl (C=O) groups excluding carboxylic acids is 1. The molecule has 2 aromatic carbocycles. The van der Waals surface area contributed by atoms with Crippen molar-refractivity contribution in [3.8, 4) is 5.75 Å². The predicted octanol–water partition coefficient (Wildman–Crippen LogP) is 4.47. The Morgan fingerprint density at radius 2 is 1.81 bits per heavy atom. The molecule has 0 saturated heterocycles. The molecule has 0 aromatic heterocycles. The van der Waals surface area contributed by atoms with Gasteiger partial charge in [0.25, 0.3) is 5.91 Å². The second-order valence-electron chi connectivity index (χ2n) is 4.95. The summed E-state index contributed by atoms with van der Waals surface area (Å²) in [6.07, 6.45) is -0.561. The van der Waals surface area contributed by atoms with Gasteiger partial charge in [0.2, 0.25) is 0 Å². The third kappa shape index (κ3) is 4.08. The summed E-state index contributed by atoms with van der Waals surface area (Å²) in [5, 5.41) is 2.84. The first-order chi connectivity index (χ1) is 9.97. The standard InChI is InChI=1S/C17H18BrNO2/c1-11-5-4-6-16(12(11)2)21-13(3)17(20)19-15-9-7-14(18)8-10-15/h4-10,13H,1-3H3,(H,19,20)/t13-/m0/s1. The molecular formula is C17H18BrNO2. The van der Waals surface area contributed by atoms with Crippen LogP contribution in [0.2, 0.25) is 0 Å². The van der Waals surface area contributed by atoms with E-state index in [1.54, 1.807) is 6.92 Å². The lowest BCUT2D eigenvalue weighted by Gasteiger charge is -2.17. The van der Waals surface area contributed by atoms with E-state index < -0.39 is 6.10 Å². The van der Waals surface area contributed by atoms with E-state index in [4.69, 9.17) is 4.74 Å². The SMILES string of the molecule is Cc1cccc(O[C@@H](C)C(=O)Nc2ccc(Br)cc2)c1C. The third-order valence-electron chi connectivity index (χ3n) is 3.34. The first kappa shape index (κ1) is 15.6. The topological polar surface area (TPSA) is 38.3 Å². The van der Waals surface area contributed by atoms with Crippen molar-refractivity contribution in [2.24, 2.45) is 0 Å². The number of halogens is 1. The second-order valence-corrected chi connectivity index (χ2v) is 5.87. The van der Waals surface area contributed by atoms with Gasteiger partial charge in [-0.15, -0.1) is 0 Å². The van der Waals surface area contributed by atoms with Crippen LogP contribution in [0.5, 0.6) is 5.75 Å². The maximum Gasteiger partial charge on any atom is 0.265 e. The number of anilines is 1. The van der Waals surface area contributed by atoms with Crippen LogP contribution in [-0.4, -0.2) is 12.0 Å². The van der Waals surface area contributed by atoms with Crippen molar-refractivity contribution < 1.29 is 9.53 Å². The Labute approximate surface area is 133 Å². The molecular weight excluding hydrogens is 330 g/mol. The van der Waals surface area contributed by atoms with Gasteiger partial charge < -0.3 is 10.1 Å². The van der Waals surface area contributed by atoms with Gasteiger partial charge in [-0.1, -0.05) is 28.1 Å². The van der Waals surface area contributed by atoms with Crippen LogP contribution in [-0.2, 0) is 4.79 Å². The van der Waals surface area contributed by atoms with Crippen LogP contribution in [0.1, 0.15) is 18.1 Å². The van der Waals surface area contributed by atoms with Crippen LogP contribution in [0.4, 0.5) is 5.69 Å². The highest BCUT2D eigenvalue weighted by Gasteiger charge is 2.16. The van der Waals surface area contributed by atoms with Crippen LogP contribution in [0, 0.1) is 13.8 Å². The molecule has 0 fully saturated rings. The van der Waals surface area contributed by atoms with Crippen LogP contribution >= 0.6 is 15.9 Å². The Kier molecular flexibility index (Phi) is 5.02. The van der Waals surface area contributed by atoms with Crippen molar-refractivity contribution in [1.29, 1.82) is 0 Å². The Hall–Kier alpha value is -1.81. The summed E-state index contributed by atoms with van der Waals surface area (Å²) in [5.74, 6) is 0.576. The van der Waals surface area contributed by atoms with Crippen molar-refractivity contribution in [1.82, 2.24) is 0 Å². The van der Waals surface area contributed by atoms with Gasteiger partial charge in [-0.25, -0.2) is 0 Å². The lowest BCUT2D eigenvalue weighted by molar-refractivity contribution is -0.122. The van der Waals surface area contributed by atoms with Crippen molar-refractivity contribution in [3.63, 3.8) is 0 Å². The quantitative estimate of drug-likeness (QED) is 0.885. The molecule has 0 spiro atoms. The van der Waals surface area contributed by atoms with Crippen molar-refractivity contribution in [2.75, 3.05) is 5.32 Å². The molecule has 0 heterocycles. The summed E-state index contributed by atoms with van der Waals surface area (Å²) < 4.78 is 6.73. The predicted molar refractivity (Wildman–Crippen MR) is 88.8 cm³/mol. The number of benzene rings is 2. The molecule has 21 heavy (non-hydrogen) atoms. The van der Waals surface area contributed by atoms with Gasteiger partial charge in [-0.05, 0) is 62.2 Å². The van der Waals surface area contributed by atoms with E-state index in [9.17, 15) is 4.79 Å². The summed E-state index contributed by atoms with van der Waals surface area (Å²) in [6, 6.07) is 13.3. The zero-order valence-electron chi connectivity index (χ0n) is 12.3. The van der Waals surface area contributed by atoms with Crippen LogP contribution in [0.25, 0.3) is 0 Å². The van der Waals surface area contributed by atoms with Crippen molar-refractivity contribution in [2.45, 2.75) is 26.9 Å². The van der Waals surface area contributed by atoms with E-state index in [1.807, 2.05) is 56.3 Å². The maximum absolute atomic E-state index is 12.2. The number of amides is 1. The van der Waals surface area contributed by atoms with Gasteiger partial charge in [-0.3, -0.25) is 4.79 Å². The fourth-order valence-electron chi connectivity index (χ4n) is 1.87. The lowest BCUT2D eigenvalue weighted by Crippen LogP contribution is -2.30. The minimum absolute atomic E-state index is 0.168. The molecule has 0 radical (unpaired) electrons. The average molecular weight is 348 g/mol. The lowest BCUT2D eigenvalue weighted by atomic mass is 10.1. The first-order valence-electron chi connectivity index (χ1n) is 6.76. The molecule has 0 aliphatic rings. The van der Waals surface area contributed by atoms with Crippen molar-refractivity contribution >= 4 is 27.5 Å². The van der Waals surface area contributed by atoms with Crippen molar-refractivity contribution in [3.05, 3.63) is 58.1 Å². The molecule has 0 unspecified atom stereocenters. The van der Waals surface area contributed by atoms with E-state index >= 15 is 0 Å². The Balaban J connectivity index is 2.02. The summed E-state index contributed by atoms with van der Waals surface area (Å²) in [4.78, 5) is 12.2. The molecule has 110 valence electrons. The number of rotatable bonds is 4. The fourth-order valence-corrected chi connectivity index (χ4v) is 2.14. The molecule has 1 N–H and O–H groups in total. The van der Waals surface area contributed by atoms with Crippen LogP contribution in [0.3, 0.4) is 0 Å². The molecule has 2 aromatic rings. The van der Waals surface area contributed by atoms with Gasteiger partial charge in [0.1, 0.15) is 5.75 Å². The molecule has 0 bridgehead atoms. The van der Waals surface area contributed by atoms with Crippen LogP contribution in [0.15, 0.2) is 46.9 Å². The van der Waals surface area contributed by atoms with Gasteiger partial charge in [0.05, 0.1) is 0 Å². The number of ether oxygens (including phenoxy) is 1. The minimum Gasteiger partial charge on any atom is -0.481 e. The molecule has 0 aliphatic carbocycles. The smallest absolute Gasteiger partial charge is 0.265 e. The average Bonchev–Trinajstić information content (AvgIpc) is 2.46. The molecule has 1 amide bonds. The second kappa shape index (κ2) is 6.76. The number of aryl methyl sites for hydroxylation is 1. The molecule has 0 saturated carbocycles. The summed E-state index contributed by atoms with van der Waals surface area (Å²) in [7, 11) is 0. The fraction of sp³-hybridized carbons (Fsp3) is 0.235. The molecule has 3 nitrogen and oxygen atoms in total. The van der Waals surface area contributed by atoms with E-state index in [1.165, 1.54) is 0 Å². The van der Waals surface area contributed by atoms with Gasteiger partial charge in [0, 0.05) is 10.2 Å². The molecule has 0 aliphatic heterocycles.